The molecule has 2 rings (SSSR count). The molecule has 0 aliphatic rings. The molecule has 0 fully saturated rings. The first-order valence-electron chi connectivity index (χ1n) is 5.62. The van der Waals surface area contributed by atoms with Gasteiger partial charge in [-0.15, -0.1) is 0 Å². The van der Waals surface area contributed by atoms with Crippen LogP contribution in [0, 0.1) is 11.3 Å². The van der Waals surface area contributed by atoms with Gasteiger partial charge in [0.2, 0.25) is 11.8 Å². The van der Waals surface area contributed by atoms with Gasteiger partial charge in [-0.2, -0.15) is 15.2 Å². The zero-order chi connectivity index (χ0) is 13.7. The molecule has 1 heterocycles. The fourth-order valence-electron chi connectivity index (χ4n) is 1.53. The second kappa shape index (κ2) is 5.69. The van der Waals surface area contributed by atoms with Crippen molar-refractivity contribution in [1.29, 1.82) is 5.26 Å². The molecule has 0 unspecified atom stereocenters. The standard InChI is InChI=1S/C13H13N5O/c1-19-12-6-11(17-13(15)18-12)16-8-10-4-2-9(7-14)3-5-10/h2-6H,8H2,1H3,(H3,15,16,17,18). The number of anilines is 2. The predicted octanol–water partition coefficient (Wildman–Crippen LogP) is 1.55. The van der Waals surface area contributed by atoms with E-state index in [4.69, 9.17) is 15.7 Å². The van der Waals surface area contributed by atoms with Gasteiger partial charge in [-0.1, -0.05) is 12.1 Å². The molecule has 2 aromatic rings. The number of nitrogens with one attached hydrogen (secondary N) is 1. The quantitative estimate of drug-likeness (QED) is 0.860. The normalized spacial score (nSPS) is 9.68. The average molecular weight is 255 g/mol. The number of rotatable bonds is 4. The molecular formula is C13H13N5O. The molecular weight excluding hydrogens is 242 g/mol. The maximum atomic E-state index is 8.71. The number of hydrogen-bond donors (Lipinski definition) is 2. The minimum Gasteiger partial charge on any atom is -0.481 e. The van der Waals surface area contributed by atoms with Gasteiger partial charge >= 0.3 is 0 Å². The van der Waals surface area contributed by atoms with Crippen molar-refractivity contribution in [3.05, 3.63) is 41.5 Å². The Labute approximate surface area is 110 Å². The van der Waals surface area contributed by atoms with Crippen LogP contribution in [0.5, 0.6) is 5.88 Å². The summed E-state index contributed by atoms with van der Waals surface area (Å²) < 4.78 is 5.01. The van der Waals surface area contributed by atoms with Crippen LogP contribution in [0.15, 0.2) is 30.3 Å². The van der Waals surface area contributed by atoms with Gasteiger partial charge in [0.1, 0.15) is 5.82 Å². The van der Waals surface area contributed by atoms with Gasteiger partial charge in [0, 0.05) is 12.6 Å². The van der Waals surface area contributed by atoms with E-state index in [2.05, 4.69) is 21.4 Å². The number of hydrogen-bond acceptors (Lipinski definition) is 6. The highest BCUT2D eigenvalue weighted by Crippen LogP contribution is 2.15. The summed E-state index contributed by atoms with van der Waals surface area (Å²) in [6.45, 7) is 0.575. The van der Waals surface area contributed by atoms with Crippen LogP contribution in [-0.4, -0.2) is 17.1 Å². The fraction of sp³-hybridized carbons (Fsp3) is 0.154. The molecule has 6 nitrogen and oxygen atoms in total. The van der Waals surface area contributed by atoms with Crippen molar-refractivity contribution >= 4 is 11.8 Å². The highest BCUT2D eigenvalue weighted by atomic mass is 16.5. The van der Waals surface area contributed by atoms with Gasteiger partial charge in [-0.25, -0.2) is 0 Å². The molecule has 0 atom stereocenters. The molecule has 1 aromatic heterocycles. The highest BCUT2D eigenvalue weighted by molar-refractivity contribution is 5.43. The van der Waals surface area contributed by atoms with Crippen LogP contribution in [0.25, 0.3) is 0 Å². The SMILES string of the molecule is COc1cc(NCc2ccc(C#N)cc2)nc(N)n1. The Morgan fingerprint density at radius 1 is 1.32 bits per heavy atom. The molecule has 19 heavy (non-hydrogen) atoms. The van der Waals surface area contributed by atoms with Crippen LogP contribution >= 0.6 is 0 Å². The molecule has 0 radical (unpaired) electrons. The summed E-state index contributed by atoms with van der Waals surface area (Å²) in [4.78, 5) is 7.95. The smallest absolute Gasteiger partial charge is 0.225 e. The third kappa shape index (κ3) is 3.33. The van der Waals surface area contributed by atoms with E-state index in [-0.39, 0.29) is 5.95 Å². The molecule has 6 heteroatoms. The van der Waals surface area contributed by atoms with Crippen molar-refractivity contribution in [2.45, 2.75) is 6.54 Å². The van der Waals surface area contributed by atoms with Gasteiger partial charge in [-0.3, -0.25) is 0 Å². The van der Waals surface area contributed by atoms with Crippen molar-refractivity contribution < 1.29 is 4.74 Å². The summed E-state index contributed by atoms with van der Waals surface area (Å²) in [7, 11) is 1.52. The minimum absolute atomic E-state index is 0.154. The topological polar surface area (TPSA) is 96.8 Å². The van der Waals surface area contributed by atoms with Gasteiger partial charge < -0.3 is 15.8 Å². The van der Waals surface area contributed by atoms with E-state index in [1.54, 1.807) is 18.2 Å². The third-order valence-electron chi connectivity index (χ3n) is 2.49. The lowest BCUT2D eigenvalue weighted by Gasteiger charge is -2.07. The predicted molar refractivity (Wildman–Crippen MR) is 71.5 cm³/mol. The van der Waals surface area contributed by atoms with E-state index in [0.717, 1.165) is 5.56 Å². The summed E-state index contributed by atoms with van der Waals surface area (Å²) in [6, 6.07) is 11.0. The van der Waals surface area contributed by atoms with E-state index in [1.165, 1.54) is 7.11 Å². The minimum atomic E-state index is 0.154. The molecule has 3 N–H and O–H groups in total. The molecule has 0 saturated carbocycles. The van der Waals surface area contributed by atoms with Crippen molar-refractivity contribution in [3.63, 3.8) is 0 Å². The van der Waals surface area contributed by atoms with Crippen LogP contribution in [0.4, 0.5) is 11.8 Å². The lowest BCUT2D eigenvalue weighted by molar-refractivity contribution is 0.398. The number of nitrogens with two attached hydrogens (primary N) is 1. The third-order valence-corrected chi connectivity index (χ3v) is 2.49. The Morgan fingerprint density at radius 2 is 2.05 bits per heavy atom. The lowest BCUT2D eigenvalue weighted by Crippen LogP contribution is -2.05. The first-order chi connectivity index (χ1) is 9.21. The Bertz CT molecular complexity index is 603. The Balaban J connectivity index is 2.05. The van der Waals surface area contributed by atoms with Crippen LogP contribution in [0.2, 0.25) is 0 Å². The summed E-state index contributed by atoms with van der Waals surface area (Å²) in [6.07, 6.45) is 0. The van der Waals surface area contributed by atoms with Crippen LogP contribution in [-0.2, 0) is 6.54 Å². The zero-order valence-electron chi connectivity index (χ0n) is 10.4. The maximum Gasteiger partial charge on any atom is 0.225 e. The van der Waals surface area contributed by atoms with E-state index >= 15 is 0 Å². The first-order valence-corrected chi connectivity index (χ1v) is 5.62. The van der Waals surface area contributed by atoms with E-state index < -0.39 is 0 Å². The van der Waals surface area contributed by atoms with Crippen molar-refractivity contribution in [2.75, 3.05) is 18.2 Å². The van der Waals surface area contributed by atoms with Gasteiger partial charge in [0.25, 0.3) is 0 Å². The molecule has 1 aromatic carbocycles. The van der Waals surface area contributed by atoms with Crippen molar-refractivity contribution in [1.82, 2.24) is 9.97 Å². The molecule has 96 valence electrons. The fourth-order valence-corrected chi connectivity index (χ4v) is 1.53. The number of benzene rings is 1. The summed E-state index contributed by atoms with van der Waals surface area (Å²) in [5.41, 5.74) is 7.24. The molecule has 0 spiro atoms. The molecule has 0 saturated heterocycles. The molecule has 0 aliphatic heterocycles. The van der Waals surface area contributed by atoms with Crippen LogP contribution in [0.1, 0.15) is 11.1 Å². The highest BCUT2D eigenvalue weighted by Gasteiger charge is 2.02. The largest absolute Gasteiger partial charge is 0.481 e. The van der Waals surface area contributed by atoms with Crippen LogP contribution < -0.4 is 15.8 Å². The van der Waals surface area contributed by atoms with Crippen molar-refractivity contribution in [2.24, 2.45) is 0 Å². The Kier molecular flexibility index (Phi) is 3.78. The number of nitrogens with zero attached hydrogens (tertiary/aromatic N) is 3. The average Bonchev–Trinajstić information content (AvgIpc) is 2.45. The second-order valence-electron chi connectivity index (χ2n) is 3.82. The van der Waals surface area contributed by atoms with Crippen molar-refractivity contribution in [3.8, 4) is 11.9 Å². The number of methoxy groups -OCH3 is 1. The number of ether oxygens (including phenoxy) is 1. The van der Waals surface area contributed by atoms with Gasteiger partial charge in [0.05, 0.1) is 18.7 Å². The van der Waals surface area contributed by atoms with Crippen LogP contribution in [0.3, 0.4) is 0 Å². The molecule has 0 amide bonds. The van der Waals surface area contributed by atoms with E-state index in [0.29, 0.717) is 23.8 Å². The lowest BCUT2D eigenvalue weighted by atomic mass is 10.1. The molecule has 0 aliphatic carbocycles. The summed E-state index contributed by atoms with van der Waals surface area (Å²) in [5.74, 6) is 1.16. The van der Waals surface area contributed by atoms with Gasteiger partial charge in [0.15, 0.2) is 0 Å². The zero-order valence-corrected chi connectivity index (χ0v) is 10.4. The van der Waals surface area contributed by atoms with E-state index in [1.807, 2.05) is 12.1 Å². The number of aromatic nitrogens is 2. The van der Waals surface area contributed by atoms with E-state index in [9.17, 15) is 0 Å². The monoisotopic (exact) mass is 255 g/mol. The number of nitriles is 1. The summed E-state index contributed by atoms with van der Waals surface area (Å²) in [5, 5.41) is 11.8. The number of nitrogen functional groups attached to an aromatic ring is 1. The van der Waals surface area contributed by atoms with Gasteiger partial charge in [-0.05, 0) is 17.7 Å². The Morgan fingerprint density at radius 3 is 2.68 bits per heavy atom. The second-order valence-corrected chi connectivity index (χ2v) is 3.82. The molecule has 0 bridgehead atoms. The maximum absolute atomic E-state index is 8.71. The Hall–Kier alpha value is -2.81. The first kappa shape index (κ1) is 12.6. The summed E-state index contributed by atoms with van der Waals surface area (Å²) >= 11 is 0.